The average Bonchev–Trinajstić information content (AvgIpc) is 3.03. The Bertz CT molecular complexity index is 463. The van der Waals surface area contributed by atoms with E-state index in [4.69, 9.17) is 14.7 Å². The zero-order chi connectivity index (χ0) is 13.7. The van der Waals surface area contributed by atoms with Crippen molar-refractivity contribution in [1.82, 2.24) is 0 Å². The van der Waals surface area contributed by atoms with Gasteiger partial charge >= 0.3 is 5.97 Å². The first-order chi connectivity index (χ1) is 9.24. The van der Waals surface area contributed by atoms with Crippen LogP contribution in [0.4, 0.5) is 0 Å². The predicted octanol–water partition coefficient (Wildman–Crippen LogP) is 2.07. The summed E-state index contributed by atoms with van der Waals surface area (Å²) < 4.78 is 10.2. The van der Waals surface area contributed by atoms with Gasteiger partial charge in [0, 0.05) is 18.1 Å². The van der Waals surface area contributed by atoms with Gasteiger partial charge in [0.15, 0.2) is 0 Å². The third-order valence-electron chi connectivity index (χ3n) is 2.98. The van der Waals surface area contributed by atoms with Crippen LogP contribution in [0, 0.1) is 5.92 Å². The minimum Gasteiger partial charge on any atom is -0.461 e. The van der Waals surface area contributed by atoms with Crippen LogP contribution in [0.3, 0.4) is 0 Å². The highest BCUT2D eigenvalue weighted by Gasteiger charge is 2.21. The Morgan fingerprint density at radius 2 is 2.47 bits per heavy atom. The topological polar surface area (TPSA) is 68.1 Å². The molecule has 2 rings (SSSR count). The zero-order valence-electron chi connectivity index (χ0n) is 10.8. The van der Waals surface area contributed by atoms with E-state index in [-0.39, 0.29) is 12.3 Å². The molecule has 1 atom stereocenters. The van der Waals surface area contributed by atoms with Crippen LogP contribution in [0.25, 0.3) is 0 Å². The second kappa shape index (κ2) is 6.68. The molecule has 104 valence electrons. The Kier molecular flexibility index (Phi) is 4.93. The molecule has 0 amide bonds. The van der Waals surface area contributed by atoms with Crippen LogP contribution in [0.15, 0.2) is 17.3 Å². The molecule has 0 bridgehead atoms. The molecule has 19 heavy (non-hydrogen) atoms. The minimum atomic E-state index is -0.595. The van der Waals surface area contributed by atoms with Crippen molar-refractivity contribution < 1.29 is 19.5 Å². The van der Waals surface area contributed by atoms with Gasteiger partial charge in [-0.25, -0.2) is 4.79 Å². The Morgan fingerprint density at radius 3 is 3.11 bits per heavy atom. The summed E-state index contributed by atoms with van der Waals surface area (Å²) in [6.45, 7) is 3.60. The van der Waals surface area contributed by atoms with Crippen molar-refractivity contribution in [3.8, 4) is 0 Å². The summed E-state index contributed by atoms with van der Waals surface area (Å²) in [6.07, 6.45) is 2.01. The van der Waals surface area contributed by atoms with Crippen LogP contribution < -0.4 is 0 Å². The van der Waals surface area contributed by atoms with E-state index in [1.807, 2.05) is 6.07 Å². The number of oxime groups is 1. The zero-order valence-corrected chi connectivity index (χ0v) is 11.6. The summed E-state index contributed by atoms with van der Waals surface area (Å²) in [4.78, 5) is 13.4. The summed E-state index contributed by atoms with van der Waals surface area (Å²) in [7, 11) is 0. The third-order valence-corrected chi connectivity index (χ3v) is 4.09. The van der Waals surface area contributed by atoms with Gasteiger partial charge in [0.1, 0.15) is 0 Å². The van der Waals surface area contributed by atoms with Crippen molar-refractivity contribution in [3.63, 3.8) is 0 Å². The SMILES string of the molecule is CCOC(=O)/C(=N\O)c1ccc(CC2CCOC2)s1. The number of hydrogen-bond donors (Lipinski definition) is 1. The normalized spacial score (nSPS) is 19.6. The maximum Gasteiger partial charge on any atom is 0.361 e. The Morgan fingerprint density at radius 1 is 1.63 bits per heavy atom. The van der Waals surface area contributed by atoms with Gasteiger partial charge in [0.05, 0.1) is 11.5 Å². The highest BCUT2D eigenvalue weighted by molar-refractivity contribution is 7.15. The number of thiophene rings is 1. The number of esters is 1. The number of nitrogens with zero attached hydrogens (tertiary/aromatic N) is 1. The Labute approximate surface area is 115 Å². The van der Waals surface area contributed by atoms with Gasteiger partial charge in [-0.15, -0.1) is 11.3 Å². The largest absolute Gasteiger partial charge is 0.461 e. The minimum absolute atomic E-state index is 0.0271. The first-order valence-electron chi connectivity index (χ1n) is 6.30. The number of rotatable bonds is 5. The first kappa shape index (κ1) is 14.0. The van der Waals surface area contributed by atoms with Gasteiger partial charge in [0.25, 0.3) is 0 Å². The van der Waals surface area contributed by atoms with Crippen LogP contribution in [-0.2, 0) is 20.7 Å². The molecule has 1 saturated heterocycles. The molecule has 1 N–H and O–H groups in total. The van der Waals surface area contributed by atoms with Gasteiger partial charge in [-0.2, -0.15) is 0 Å². The predicted molar refractivity (Wildman–Crippen MR) is 71.9 cm³/mol. The fourth-order valence-corrected chi connectivity index (χ4v) is 3.13. The second-order valence-corrected chi connectivity index (χ2v) is 5.54. The molecule has 0 radical (unpaired) electrons. The van der Waals surface area contributed by atoms with E-state index >= 15 is 0 Å². The van der Waals surface area contributed by atoms with Crippen molar-refractivity contribution in [2.24, 2.45) is 11.1 Å². The van der Waals surface area contributed by atoms with Crippen molar-refractivity contribution >= 4 is 23.0 Å². The van der Waals surface area contributed by atoms with Gasteiger partial charge < -0.3 is 14.7 Å². The fraction of sp³-hybridized carbons (Fsp3) is 0.538. The lowest BCUT2D eigenvalue weighted by atomic mass is 10.0. The molecular weight excluding hydrogens is 266 g/mol. The van der Waals surface area contributed by atoms with Gasteiger partial charge in [0.2, 0.25) is 5.71 Å². The summed E-state index contributed by atoms with van der Waals surface area (Å²) in [5.74, 6) is -0.0498. The van der Waals surface area contributed by atoms with Gasteiger partial charge in [-0.05, 0) is 37.8 Å². The molecule has 1 fully saturated rings. The summed E-state index contributed by atoms with van der Waals surface area (Å²) in [6, 6.07) is 3.75. The number of ether oxygens (including phenoxy) is 2. The number of carbonyl (C=O) groups excluding carboxylic acids is 1. The van der Waals surface area contributed by atoms with Crippen LogP contribution in [-0.4, -0.2) is 36.7 Å². The highest BCUT2D eigenvalue weighted by Crippen LogP contribution is 2.24. The maximum atomic E-state index is 11.6. The molecule has 0 spiro atoms. The van der Waals surface area contributed by atoms with Crippen LogP contribution >= 0.6 is 11.3 Å². The smallest absolute Gasteiger partial charge is 0.361 e. The molecular formula is C13H17NO4S. The molecule has 6 heteroatoms. The van der Waals surface area contributed by atoms with Crippen LogP contribution in [0.2, 0.25) is 0 Å². The van der Waals surface area contributed by atoms with E-state index in [9.17, 15) is 4.79 Å². The lowest BCUT2D eigenvalue weighted by Gasteiger charge is -2.04. The molecule has 1 unspecified atom stereocenters. The number of hydrogen-bond acceptors (Lipinski definition) is 6. The average molecular weight is 283 g/mol. The molecule has 5 nitrogen and oxygen atoms in total. The van der Waals surface area contributed by atoms with E-state index in [2.05, 4.69) is 5.16 Å². The van der Waals surface area contributed by atoms with E-state index < -0.39 is 5.97 Å². The quantitative estimate of drug-likeness (QED) is 0.389. The fourth-order valence-electron chi connectivity index (χ4n) is 2.03. The van der Waals surface area contributed by atoms with Crippen LogP contribution in [0.1, 0.15) is 23.1 Å². The lowest BCUT2D eigenvalue weighted by molar-refractivity contribution is -0.135. The van der Waals surface area contributed by atoms with Crippen molar-refractivity contribution in [1.29, 1.82) is 0 Å². The van der Waals surface area contributed by atoms with Crippen molar-refractivity contribution in [2.45, 2.75) is 19.8 Å². The van der Waals surface area contributed by atoms with Crippen LogP contribution in [0.5, 0.6) is 0 Å². The maximum absolute atomic E-state index is 11.6. The van der Waals surface area contributed by atoms with Gasteiger partial charge in [-0.3, -0.25) is 0 Å². The molecule has 0 aliphatic carbocycles. The molecule has 1 aliphatic heterocycles. The standard InChI is InChI=1S/C13H17NO4S/c1-2-18-13(15)12(14-16)11-4-3-10(19-11)7-9-5-6-17-8-9/h3-4,9,16H,2,5-8H2,1H3/b14-12-. The second-order valence-electron chi connectivity index (χ2n) is 4.37. The van der Waals surface area contributed by atoms with E-state index in [1.165, 1.54) is 11.3 Å². The Balaban J connectivity index is 2.04. The molecule has 1 aliphatic rings. The lowest BCUT2D eigenvalue weighted by Crippen LogP contribution is -2.17. The summed E-state index contributed by atoms with van der Waals surface area (Å²) in [5.41, 5.74) is -0.0271. The summed E-state index contributed by atoms with van der Waals surface area (Å²) >= 11 is 1.46. The third kappa shape index (κ3) is 3.54. The molecule has 1 aromatic rings. The Hall–Kier alpha value is -1.40. The molecule has 2 heterocycles. The monoisotopic (exact) mass is 283 g/mol. The van der Waals surface area contributed by atoms with E-state index in [1.54, 1.807) is 13.0 Å². The van der Waals surface area contributed by atoms with Crippen molar-refractivity contribution in [3.05, 3.63) is 21.9 Å². The highest BCUT2D eigenvalue weighted by atomic mass is 32.1. The molecule has 1 aromatic heterocycles. The van der Waals surface area contributed by atoms with Gasteiger partial charge in [-0.1, -0.05) is 5.16 Å². The number of carbonyl (C=O) groups is 1. The van der Waals surface area contributed by atoms with E-state index in [0.29, 0.717) is 10.8 Å². The first-order valence-corrected chi connectivity index (χ1v) is 7.12. The molecule has 0 saturated carbocycles. The van der Waals surface area contributed by atoms with Crippen molar-refractivity contribution in [2.75, 3.05) is 19.8 Å². The molecule has 0 aromatic carbocycles. The summed E-state index contributed by atoms with van der Waals surface area (Å²) in [5, 5.41) is 12.0. The van der Waals surface area contributed by atoms with E-state index in [0.717, 1.165) is 30.9 Å².